The second-order valence-electron chi connectivity index (χ2n) is 5.84. The molecule has 2 rings (SSSR count). The quantitative estimate of drug-likeness (QED) is 0.849. The summed E-state index contributed by atoms with van der Waals surface area (Å²) < 4.78 is 0. The van der Waals surface area contributed by atoms with Crippen molar-refractivity contribution >= 4 is 5.91 Å². The SMILES string of the molecule is CC(C)CC1(C)CC(=O)NC1c1ccccc1. The first kappa shape index (κ1) is 12.2. The smallest absolute Gasteiger partial charge is 0.221 e. The fourth-order valence-corrected chi connectivity index (χ4v) is 3.11. The molecule has 0 radical (unpaired) electrons. The van der Waals surface area contributed by atoms with Gasteiger partial charge in [0.2, 0.25) is 5.91 Å². The lowest BCUT2D eigenvalue weighted by molar-refractivity contribution is -0.119. The van der Waals surface area contributed by atoms with Gasteiger partial charge in [0, 0.05) is 11.8 Å². The first-order valence-electron chi connectivity index (χ1n) is 6.35. The summed E-state index contributed by atoms with van der Waals surface area (Å²) in [6.45, 7) is 6.66. The Bertz CT molecular complexity index is 399. The van der Waals surface area contributed by atoms with Crippen LogP contribution in [0.4, 0.5) is 0 Å². The zero-order chi connectivity index (χ0) is 12.5. The van der Waals surface area contributed by atoms with Crippen molar-refractivity contribution in [2.24, 2.45) is 11.3 Å². The monoisotopic (exact) mass is 231 g/mol. The first-order chi connectivity index (χ1) is 8.01. The molecule has 0 aliphatic carbocycles. The number of hydrogen-bond acceptors (Lipinski definition) is 1. The van der Waals surface area contributed by atoms with Gasteiger partial charge in [0.05, 0.1) is 6.04 Å². The summed E-state index contributed by atoms with van der Waals surface area (Å²) in [6, 6.07) is 10.5. The van der Waals surface area contributed by atoms with Crippen molar-refractivity contribution < 1.29 is 4.79 Å². The van der Waals surface area contributed by atoms with Crippen molar-refractivity contribution in [1.29, 1.82) is 0 Å². The average molecular weight is 231 g/mol. The lowest BCUT2D eigenvalue weighted by Gasteiger charge is -2.32. The van der Waals surface area contributed by atoms with Gasteiger partial charge in [-0.05, 0) is 17.9 Å². The van der Waals surface area contributed by atoms with Crippen LogP contribution in [0.1, 0.15) is 45.2 Å². The number of rotatable bonds is 3. The first-order valence-corrected chi connectivity index (χ1v) is 6.35. The van der Waals surface area contributed by atoms with Gasteiger partial charge in [0.25, 0.3) is 0 Å². The van der Waals surface area contributed by atoms with Gasteiger partial charge in [0.1, 0.15) is 0 Å². The van der Waals surface area contributed by atoms with E-state index >= 15 is 0 Å². The van der Waals surface area contributed by atoms with E-state index in [0.29, 0.717) is 12.3 Å². The molecule has 0 aromatic heterocycles. The third kappa shape index (κ3) is 2.51. The van der Waals surface area contributed by atoms with Crippen molar-refractivity contribution in [2.45, 2.75) is 39.7 Å². The number of hydrogen-bond donors (Lipinski definition) is 1. The molecular weight excluding hydrogens is 210 g/mol. The molecule has 1 aromatic rings. The van der Waals surface area contributed by atoms with Gasteiger partial charge < -0.3 is 5.32 Å². The van der Waals surface area contributed by atoms with Crippen LogP contribution in [0.5, 0.6) is 0 Å². The largest absolute Gasteiger partial charge is 0.349 e. The maximum absolute atomic E-state index is 11.7. The molecule has 1 amide bonds. The molecule has 1 aliphatic rings. The molecule has 2 nitrogen and oxygen atoms in total. The molecule has 2 atom stereocenters. The van der Waals surface area contributed by atoms with Crippen molar-refractivity contribution in [3.8, 4) is 0 Å². The molecule has 0 saturated carbocycles. The molecule has 0 bridgehead atoms. The van der Waals surface area contributed by atoms with Gasteiger partial charge in [-0.1, -0.05) is 51.1 Å². The summed E-state index contributed by atoms with van der Waals surface area (Å²) in [4.78, 5) is 11.7. The van der Waals surface area contributed by atoms with Gasteiger partial charge in [-0.15, -0.1) is 0 Å². The molecule has 2 heteroatoms. The van der Waals surface area contributed by atoms with E-state index in [4.69, 9.17) is 0 Å². The lowest BCUT2D eigenvalue weighted by Crippen LogP contribution is -2.28. The second kappa shape index (κ2) is 4.52. The summed E-state index contributed by atoms with van der Waals surface area (Å²) >= 11 is 0. The van der Waals surface area contributed by atoms with Crippen LogP contribution < -0.4 is 5.32 Å². The van der Waals surface area contributed by atoms with Crippen molar-refractivity contribution in [3.05, 3.63) is 35.9 Å². The van der Waals surface area contributed by atoms with Crippen LogP contribution in [-0.4, -0.2) is 5.91 Å². The molecule has 17 heavy (non-hydrogen) atoms. The van der Waals surface area contributed by atoms with Crippen LogP contribution in [0.15, 0.2) is 30.3 Å². The summed E-state index contributed by atoms with van der Waals surface area (Å²) in [7, 11) is 0. The third-order valence-electron chi connectivity index (χ3n) is 3.57. The Kier molecular flexibility index (Phi) is 3.23. The molecule has 1 N–H and O–H groups in total. The Balaban J connectivity index is 2.28. The maximum atomic E-state index is 11.7. The minimum absolute atomic E-state index is 0.0482. The number of benzene rings is 1. The number of amides is 1. The highest BCUT2D eigenvalue weighted by Gasteiger charge is 2.43. The Labute approximate surface area is 103 Å². The molecule has 1 heterocycles. The lowest BCUT2D eigenvalue weighted by atomic mass is 9.73. The fourth-order valence-electron chi connectivity index (χ4n) is 3.11. The Hall–Kier alpha value is -1.31. The van der Waals surface area contributed by atoms with E-state index in [-0.39, 0.29) is 17.4 Å². The Morgan fingerprint density at radius 3 is 2.59 bits per heavy atom. The number of nitrogens with one attached hydrogen (secondary N) is 1. The highest BCUT2D eigenvalue weighted by molar-refractivity contribution is 5.80. The van der Waals surface area contributed by atoms with Crippen LogP contribution in [0, 0.1) is 11.3 Å². The second-order valence-corrected chi connectivity index (χ2v) is 5.84. The molecule has 1 saturated heterocycles. The van der Waals surface area contributed by atoms with Crippen molar-refractivity contribution in [2.75, 3.05) is 0 Å². The van der Waals surface area contributed by atoms with Gasteiger partial charge in [-0.3, -0.25) is 4.79 Å². The zero-order valence-corrected chi connectivity index (χ0v) is 10.9. The van der Waals surface area contributed by atoms with E-state index in [1.165, 1.54) is 5.56 Å². The van der Waals surface area contributed by atoms with E-state index in [1.807, 2.05) is 18.2 Å². The fraction of sp³-hybridized carbons (Fsp3) is 0.533. The normalized spacial score (nSPS) is 28.5. The molecule has 1 aliphatic heterocycles. The topological polar surface area (TPSA) is 29.1 Å². The van der Waals surface area contributed by atoms with Gasteiger partial charge >= 0.3 is 0 Å². The van der Waals surface area contributed by atoms with Crippen LogP contribution >= 0.6 is 0 Å². The molecule has 92 valence electrons. The highest BCUT2D eigenvalue weighted by Crippen LogP contribution is 2.45. The predicted octanol–water partition coefficient (Wildman–Crippen LogP) is 3.30. The molecule has 1 aromatic carbocycles. The van der Waals surface area contributed by atoms with E-state index in [9.17, 15) is 4.79 Å². The van der Waals surface area contributed by atoms with E-state index in [2.05, 4.69) is 38.2 Å². The number of carbonyl (C=O) groups excluding carboxylic acids is 1. The minimum atomic E-state index is 0.0482. The summed E-state index contributed by atoms with van der Waals surface area (Å²) in [6.07, 6.45) is 1.72. The summed E-state index contributed by atoms with van der Waals surface area (Å²) in [5.41, 5.74) is 1.27. The molecule has 0 spiro atoms. The van der Waals surface area contributed by atoms with Crippen LogP contribution in [-0.2, 0) is 4.79 Å². The average Bonchev–Trinajstić information content (AvgIpc) is 2.53. The molecular formula is C15H21NO. The highest BCUT2D eigenvalue weighted by atomic mass is 16.2. The summed E-state index contributed by atoms with van der Waals surface area (Å²) in [5, 5.41) is 3.13. The summed E-state index contributed by atoms with van der Waals surface area (Å²) in [5.74, 6) is 0.793. The molecule has 2 unspecified atom stereocenters. The number of carbonyl (C=O) groups is 1. The maximum Gasteiger partial charge on any atom is 0.221 e. The third-order valence-corrected chi connectivity index (χ3v) is 3.57. The Morgan fingerprint density at radius 2 is 2.00 bits per heavy atom. The zero-order valence-electron chi connectivity index (χ0n) is 10.9. The molecule has 1 fully saturated rings. The van der Waals surface area contributed by atoms with Crippen LogP contribution in [0.3, 0.4) is 0 Å². The van der Waals surface area contributed by atoms with Gasteiger partial charge in [-0.2, -0.15) is 0 Å². The van der Waals surface area contributed by atoms with E-state index in [1.54, 1.807) is 0 Å². The minimum Gasteiger partial charge on any atom is -0.349 e. The van der Waals surface area contributed by atoms with E-state index in [0.717, 1.165) is 6.42 Å². The Morgan fingerprint density at radius 1 is 1.35 bits per heavy atom. The van der Waals surface area contributed by atoms with Crippen molar-refractivity contribution in [3.63, 3.8) is 0 Å². The van der Waals surface area contributed by atoms with Gasteiger partial charge in [0.15, 0.2) is 0 Å². The van der Waals surface area contributed by atoms with Crippen molar-refractivity contribution in [1.82, 2.24) is 5.32 Å². The van der Waals surface area contributed by atoms with Crippen LogP contribution in [0.2, 0.25) is 0 Å². The van der Waals surface area contributed by atoms with Crippen LogP contribution in [0.25, 0.3) is 0 Å². The van der Waals surface area contributed by atoms with Gasteiger partial charge in [-0.25, -0.2) is 0 Å². The standard InChI is InChI=1S/C15H21NO/c1-11(2)9-15(3)10-13(17)16-14(15)12-7-5-4-6-8-12/h4-8,11,14H,9-10H2,1-3H3,(H,16,17). The predicted molar refractivity (Wildman–Crippen MR) is 69.5 cm³/mol. The van der Waals surface area contributed by atoms with E-state index < -0.39 is 0 Å².